The summed E-state index contributed by atoms with van der Waals surface area (Å²) in [5.41, 5.74) is 6.39. The van der Waals surface area contributed by atoms with E-state index in [0.29, 0.717) is 23.2 Å². The van der Waals surface area contributed by atoms with E-state index in [2.05, 4.69) is 84.9 Å². The Kier molecular flexibility index (Phi) is 5.74. The lowest BCUT2D eigenvalue weighted by Gasteiger charge is -2.10. The molecule has 0 aliphatic rings. The molecule has 9 aromatic rings. The first kappa shape index (κ1) is 25.3. The molecule has 0 spiro atoms. The number of hydrogen-bond donors (Lipinski definition) is 0. The van der Waals surface area contributed by atoms with Gasteiger partial charge in [-0.25, -0.2) is 15.0 Å². The average molecular weight is 577 g/mol. The second-order valence-electron chi connectivity index (χ2n) is 11.1. The second-order valence-corrected chi connectivity index (χ2v) is 11.1. The van der Waals surface area contributed by atoms with Crippen LogP contribution in [0.5, 0.6) is 0 Å². The van der Waals surface area contributed by atoms with Crippen LogP contribution in [-0.2, 0) is 0 Å². The first-order valence-corrected chi connectivity index (χ1v) is 14.9. The smallest absolute Gasteiger partial charge is 0.182 e. The average Bonchev–Trinajstić information content (AvgIpc) is 3.50. The minimum absolute atomic E-state index is 0.518. The summed E-state index contributed by atoms with van der Waals surface area (Å²) in [4.78, 5) is 19.8. The first-order valence-electron chi connectivity index (χ1n) is 14.9. The lowest BCUT2D eigenvalue weighted by Crippen LogP contribution is -2.01. The van der Waals surface area contributed by atoms with Crippen LogP contribution < -0.4 is 0 Å². The Morgan fingerprint density at radius 2 is 1.07 bits per heavy atom. The fourth-order valence-electron chi connectivity index (χ4n) is 6.09. The molecule has 0 fully saturated rings. The summed E-state index contributed by atoms with van der Waals surface area (Å²) < 4.78 is 6.19. The van der Waals surface area contributed by atoms with Crippen molar-refractivity contribution in [2.24, 2.45) is 0 Å². The van der Waals surface area contributed by atoms with Crippen molar-refractivity contribution in [2.45, 2.75) is 0 Å². The Hall–Kier alpha value is -6.20. The third kappa shape index (κ3) is 4.41. The van der Waals surface area contributed by atoms with E-state index >= 15 is 0 Å². The summed E-state index contributed by atoms with van der Waals surface area (Å²) in [6.07, 6.45) is 1.87. The van der Waals surface area contributed by atoms with Gasteiger partial charge in [-0.2, -0.15) is 0 Å². The van der Waals surface area contributed by atoms with Gasteiger partial charge in [-0.05, 0) is 51.6 Å². The summed E-state index contributed by atoms with van der Waals surface area (Å²) >= 11 is 0. The normalized spacial score (nSPS) is 11.6. The van der Waals surface area contributed by atoms with Gasteiger partial charge < -0.3 is 4.42 Å². The van der Waals surface area contributed by atoms with Gasteiger partial charge in [0.15, 0.2) is 17.5 Å². The molecule has 45 heavy (non-hydrogen) atoms. The SMILES string of the molecule is c1ccc2cc(-c3ccc(-c4nc(-c5cc6ccccc6cn5)nc(-c5cccc6oc7ccccc7c56)n4)cc3)ccc2c1. The minimum Gasteiger partial charge on any atom is -0.456 e. The standard InChI is InChI=1S/C40H24N4O/c1-2-9-28-22-30(21-18-25(28)8-1)26-16-19-27(20-17-26)38-42-39(33-13-7-15-36-37(33)32-12-5-6-14-35(32)45-36)44-40(43-38)34-23-29-10-3-4-11-31(29)24-41-34/h1-24H. The minimum atomic E-state index is 0.518. The highest BCUT2D eigenvalue weighted by atomic mass is 16.3. The number of furan rings is 1. The van der Waals surface area contributed by atoms with Crippen molar-refractivity contribution in [2.75, 3.05) is 0 Å². The van der Waals surface area contributed by atoms with Gasteiger partial charge in [0, 0.05) is 33.5 Å². The van der Waals surface area contributed by atoms with E-state index in [1.54, 1.807) is 0 Å². The number of fused-ring (bicyclic) bond motifs is 5. The molecule has 0 saturated heterocycles. The van der Waals surface area contributed by atoms with Crippen molar-refractivity contribution in [3.05, 3.63) is 146 Å². The summed E-state index contributed by atoms with van der Waals surface area (Å²) in [6, 6.07) is 47.7. The number of benzene rings is 6. The molecule has 3 heterocycles. The highest BCUT2D eigenvalue weighted by Crippen LogP contribution is 2.36. The van der Waals surface area contributed by atoms with Crippen molar-refractivity contribution in [1.82, 2.24) is 19.9 Å². The first-order chi connectivity index (χ1) is 22.3. The molecule has 0 unspecified atom stereocenters. The molecular formula is C40H24N4O. The zero-order valence-electron chi connectivity index (χ0n) is 24.1. The lowest BCUT2D eigenvalue weighted by atomic mass is 10.00. The molecule has 0 radical (unpaired) electrons. The monoisotopic (exact) mass is 576 g/mol. The molecule has 0 aliphatic carbocycles. The summed E-state index contributed by atoms with van der Waals surface area (Å²) in [5.74, 6) is 1.67. The molecule has 5 heteroatoms. The Bertz CT molecular complexity index is 2550. The van der Waals surface area contributed by atoms with Gasteiger partial charge in [0.05, 0.1) is 0 Å². The van der Waals surface area contributed by atoms with E-state index in [0.717, 1.165) is 55.0 Å². The molecule has 0 saturated carbocycles. The van der Waals surface area contributed by atoms with Crippen LogP contribution in [-0.4, -0.2) is 19.9 Å². The molecule has 0 atom stereocenters. The summed E-state index contributed by atoms with van der Waals surface area (Å²) in [6.45, 7) is 0. The van der Waals surface area contributed by atoms with Crippen LogP contribution in [0.2, 0.25) is 0 Å². The maximum Gasteiger partial charge on any atom is 0.182 e. The zero-order chi connectivity index (χ0) is 29.7. The van der Waals surface area contributed by atoms with Crippen LogP contribution in [0.15, 0.2) is 150 Å². The van der Waals surface area contributed by atoms with Gasteiger partial charge in [0.1, 0.15) is 16.9 Å². The van der Waals surface area contributed by atoms with E-state index < -0.39 is 0 Å². The van der Waals surface area contributed by atoms with Gasteiger partial charge in [-0.1, -0.05) is 115 Å². The van der Waals surface area contributed by atoms with E-state index in [1.807, 2.05) is 60.8 Å². The third-order valence-electron chi connectivity index (χ3n) is 8.36. The number of nitrogens with zero attached hydrogens (tertiary/aromatic N) is 4. The van der Waals surface area contributed by atoms with Gasteiger partial charge in [0.2, 0.25) is 0 Å². The van der Waals surface area contributed by atoms with Crippen LogP contribution in [0.1, 0.15) is 0 Å². The number of rotatable bonds is 4. The molecule has 9 rings (SSSR count). The molecule has 0 aliphatic heterocycles. The maximum atomic E-state index is 6.19. The molecule has 0 N–H and O–H groups in total. The highest BCUT2D eigenvalue weighted by molar-refractivity contribution is 6.11. The van der Waals surface area contributed by atoms with Crippen LogP contribution in [0, 0.1) is 0 Å². The molecule has 3 aromatic heterocycles. The summed E-state index contributed by atoms with van der Waals surface area (Å²) in [7, 11) is 0. The lowest BCUT2D eigenvalue weighted by molar-refractivity contribution is 0.669. The number of para-hydroxylation sites is 1. The quantitative estimate of drug-likeness (QED) is 0.209. The molecule has 6 aromatic carbocycles. The topological polar surface area (TPSA) is 64.7 Å². The van der Waals surface area contributed by atoms with E-state index in [-0.39, 0.29) is 0 Å². The van der Waals surface area contributed by atoms with Crippen LogP contribution in [0.4, 0.5) is 0 Å². The Morgan fingerprint density at radius 3 is 1.93 bits per heavy atom. The largest absolute Gasteiger partial charge is 0.456 e. The van der Waals surface area contributed by atoms with E-state index in [9.17, 15) is 0 Å². The number of aromatic nitrogens is 4. The van der Waals surface area contributed by atoms with Crippen molar-refractivity contribution < 1.29 is 4.42 Å². The van der Waals surface area contributed by atoms with Gasteiger partial charge >= 0.3 is 0 Å². The van der Waals surface area contributed by atoms with Crippen LogP contribution in [0.3, 0.4) is 0 Å². The van der Waals surface area contributed by atoms with Crippen LogP contribution >= 0.6 is 0 Å². The number of hydrogen-bond acceptors (Lipinski definition) is 5. The molecule has 0 amide bonds. The zero-order valence-corrected chi connectivity index (χ0v) is 24.1. The van der Waals surface area contributed by atoms with Gasteiger partial charge in [0.25, 0.3) is 0 Å². The predicted octanol–water partition coefficient (Wildman–Crippen LogP) is 10.1. The predicted molar refractivity (Wildman–Crippen MR) is 182 cm³/mol. The Morgan fingerprint density at radius 1 is 0.422 bits per heavy atom. The Balaban J connectivity index is 1.21. The molecule has 0 bridgehead atoms. The molecular weight excluding hydrogens is 552 g/mol. The third-order valence-corrected chi connectivity index (χ3v) is 8.36. The van der Waals surface area contributed by atoms with Crippen molar-refractivity contribution in [1.29, 1.82) is 0 Å². The van der Waals surface area contributed by atoms with Crippen LogP contribution in [0.25, 0.3) is 88.9 Å². The van der Waals surface area contributed by atoms with Gasteiger partial charge in [-0.3, -0.25) is 4.98 Å². The van der Waals surface area contributed by atoms with Crippen molar-refractivity contribution in [3.8, 4) is 45.4 Å². The van der Waals surface area contributed by atoms with Crippen molar-refractivity contribution >= 4 is 43.5 Å². The Labute approximate surface area is 258 Å². The molecule has 5 nitrogen and oxygen atoms in total. The fraction of sp³-hybridized carbons (Fsp3) is 0. The van der Waals surface area contributed by atoms with Crippen molar-refractivity contribution in [3.63, 3.8) is 0 Å². The molecule has 210 valence electrons. The maximum absolute atomic E-state index is 6.19. The summed E-state index contributed by atoms with van der Waals surface area (Å²) in [5, 5.41) is 6.59. The fourth-order valence-corrected chi connectivity index (χ4v) is 6.09. The van der Waals surface area contributed by atoms with E-state index in [4.69, 9.17) is 24.4 Å². The van der Waals surface area contributed by atoms with E-state index in [1.165, 1.54) is 10.8 Å². The highest BCUT2D eigenvalue weighted by Gasteiger charge is 2.18. The second kappa shape index (κ2) is 10.2. The van der Waals surface area contributed by atoms with Gasteiger partial charge in [-0.15, -0.1) is 0 Å². The number of pyridine rings is 1.